The van der Waals surface area contributed by atoms with Crippen molar-refractivity contribution in [1.29, 1.82) is 0 Å². The maximum absolute atomic E-state index is 13.6. The fourth-order valence-electron chi connectivity index (χ4n) is 4.51. The monoisotopic (exact) mass is 466 g/mol. The van der Waals surface area contributed by atoms with Crippen LogP contribution in [0.25, 0.3) is 11.3 Å². The third kappa shape index (κ3) is 6.24. The van der Waals surface area contributed by atoms with Crippen molar-refractivity contribution in [2.24, 2.45) is 5.92 Å². The fraction of sp³-hybridized carbons (Fsp3) is 0.538. The molecule has 1 saturated carbocycles. The molecule has 4 rings (SSSR count). The zero-order chi connectivity index (χ0) is 23.8. The minimum absolute atomic E-state index is 0.105. The number of aromatic nitrogens is 3. The topological polar surface area (TPSA) is 94.5 Å². The lowest BCUT2D eigenvalue weighted by Gasteiger charge is -2.30. The SMILES string of the molecule is CCOc1ncc(-c2cccc(N(CCCCCc3nc(C)no3)C(=O)C3CCCCC3)c2)o1. The molecule has 0 spiro atoms. The van der Waals surface area contributed by atoms with E-state index in [1.54, 1.807) is 6.20 Å². The average molecular weight is 467 g/mol. The number of hydrogen-bond donors (Lipinski definition) is 0. The van der Waals surface area contributed by atoms with E-state index in [2.05, 4.69) is 15.1 Å². The van der Waals surface area contributed by atoms with Crippen molar-refractivity contribution < 1.29 is 18.5 Å². The summed E-state index contributed by atoms with van der Waals surface area (Å²) in [5.41, 5.74) is 1.78. The van der Waals surface area contributed by atoms with Crippen molar-refractivity contribution in [3.63, 3.8) is 0 Å². The minimum atomic E-state index is 0.105. The molecule has 0 saturated heterocycles. The molecule has 1 fully saturated rings. The summed E-state index contributed by atoms with van der Waals surface area (Å²) >= 11 is 0. The van der Waals surface area contributed by atoms with Gasteiger partial charge in [-0.3, -0.25) is 4.79 Å². The van der Waals surface area contributed by atoms with Gasteiger partial charge in [-0.05, 0) is 51.7 Å². The quantitative estimate of drug-likeness (QED) is 0.332. The number of carbonyl (C=O) groups is 1. The normalized spacial score (nSPS) is 14.3. The van der Waals surface area contributed by atoms with E-state index in [1.165, 1.54) is 6.42 Å². The number of ether oxygens (including phenoxy) is 1. The fourth-order valence-corrected chi connectivity index (χ4v) is 4.51. The number of amides is 1. The van der Waals surface area contributed by atoms with Crippen molar-refractivity contribution >= 4 is 11.6 Å². The van der Waals surface area contributed by atoms with Crippen molar-refractivity contribution in [3.8, 4) is 17.4 Å². The predicted octanol–water partition coefficient (Wildman–Crippen LogP) is 5.76. The lowest BCUT2D eigenvalue weighted by molar-refractivity contribution is -0.123. The Hall–Kier alpha value is -3.16. The van der Waals surface area contributed by atoms with E-state index in [0.717, 1.165) is 62.6 Å². The largest absolute Gasteiger partial charge is 0.450 e. The zero-order valence-corrected chi connectivity index (χ0v) is 20.2. The summed E-state index contributed by atoms with van der Waals surface area (Å²) in [5.74, 6) is 2.31. The van der Waals surface area contributed by atoms with Crippen LogP contribution in [0.1, 0.15) is 70.0 Å². The van der Waals surface area contributed by atoms with Crippen LogP contribution in [-0.4, -0.2) is 34.2 Å². The van der Waals surface area contributed by atoms with Crippen LogP contribution in [0.15, 0.2) is 39.4 Å². The molecule has 0 bridgehead atoms. The summed E-state index contributed by atoms with van der Waals surface area (Å²) in [5, 5.41) is 3.84. The van der Waals surface area contributed by atoms with Crippen LogP contribution in [0.4, 0.5) is 5.69 Å². The predicted molar refractivity (Wildman–Crippen MR) is 129 cm³/mol. The number of nitrogens with zero attached hydrogens (tertiary/aromatic N) is 4. The van der Waals surface area contributed by atoms with Crippen LogP contribution in [0.5, 0.6) is 6.08 Å². The van der Waals surface area contributed by atoms with E-state index >= 15 is 0 Å². The number of unbranched alkanes of at least 4 members (excludes halogenated alkanes) is 2. The van der Waals surface area contributed by atoms with E-state index in [-0.39, 0.29) is 17.9 Å². The number of aryl methyl sites for hydroxylation is 2. The van der Waals surface area contributed by atoms with E-state index < -0.39 is 0 Å². The highest BCUT2D eigenvalue weighted by atomic mass is 16.6. The van der Waals surface area contributed by atoms with Crippen molar-refractivity contribution in [3.05, 3.63) is 42.2 Å². The Morgan fingerprint density at radius 2 is 2.03 bits per heavy atom. The third-order valence-electron chi connectivity index (χ3n) is 6.26. The summed E-state index contributed by atoms with van der Waals surface area (Å²) in [4.78, 5) is 24.0. The first kappa shape index (κ1) is 24.0. The Morgan fingerprint density at radius 1 is 1.18 bits per heavy atom. The zero-order valence-electron chi connectivity index (χ0n) is 20.2. The molecule has 0 aliphatic heterocycles. The molecule has 1 aromatic carbocycles. The van der Waals surface area contributed by atoms with Gasteiger partial charge < -0.3 is 18.6 Å². The molecule has 0 atom stereocenters. The maximum Gasteiger partial charge on any atom is 0.394 e. The average Bonchev–Trinajstić information content (AvgIpc) is 3.51. The van der Waals surface area contributed by atoms with E-state index in [1.807, 2.05) is 43.0 Å². The van der Waals surface area contributed by atoms with Gasteiger partial charge in [0.05, 0.1) is 12.8 Å². The summed E-state index contributed by atoms with van der Waals surface area (Å²) < 4.78 is 16.3. The first-order valence-electron chi connectivity index (χ1n) is 12.4. The van der Waals surface area contributed by atoms with Gasteiger partial charge in [-0.15, -0.1) is 0 Å². The van der Waals surface area contributed by atoms with Gasteiger partial charge in [0.1, 0.15) is 0 Å². The summed E-state index contributed by atoms with van der Waals surface area (Å²) in [6.45, 7) is 4.90. The standard InChI is InChI=1S/C26H34N4O4/c1-3-32-26-27-18-23(33-26)21-13-10-14-22(17-21)30(25(31)20-11-6-4-7-12-20)16-9-5-8-15-24-28-19(2)29-34-24/h10,13-14,17-18,20H,3-9,11-12,15-16H2,1-2H3. The van der Waals surface area contributed by atoms with Gasteiger partial charge in [0.15, 0.2) is 11.6 Å². The molecule has 2 aromatic heterocycles. The van der Waals surface area contributed by atoms with Crippen molar-refractivity contribution in [2.75, 3.05) is 18.1 Å². The molecule has 1 aliphatic carbocycles. The maximum atomic E-state index is 13.6. The summed E-state index contributed by atoms with van der Waals surface area (Å²) in [7, 11) is 0. The molecular formula is C26H34N4O4. The van der Waals surface area contributed by atoms with Gasteiger partial charge in [0, 0.05) is 30.1 Å². The molecule has 182 valence electrons. The van der Waals surface area contributed by atoms with Gasteiger partial charge >= 0.3 is 6.08 Å². The molecule has 8 heteroatoms. The molecule has 0 unspecified atom stereocenters. The molecule has 8 nitrogen and oxygen atoms in total. The highest BCUT2D eigenvalue weighted by Crippen LogP contribution is 2.31. The van der Waals surface area contributed by atoms with Gasteiger partial charge in [-0.2, -0.15) is 9.97 Å². The number of hydrogen-bond acceptors (Lipinski definition) is 7. The highest BCUT2D eigenvalue weighted by Gasteiger charge is 2.27. The Morgan fingerprint density at radius 3 is 2.79 bits per heavy atom. The molecule has 2 heterocycles. The molecule has 0 radical (unpaired) electrons. The third-order valence-corrected chi connectivity index (χ3v) is 6.26. The number of carbonyl (C=O) groups excluding carboxylic acids is 1. The molecule has 3 aromatic rings. The molecule has 1 amide bonds. The Bertz CT molecular complexity index is 1050. The second kappa shape index (κ2) is 11.8. The smallest absolute Gasteiger partial charge is 0.394 e. The minimum Gasteiger partial charge on any atom is -0.450 e. The second-order valence-corrected chi connectivity index (χ2v) is 8.84. The molecule has 1 aliphatic rings. The van der Waals surface area contributed by atoms with E-state index in [9.17, 15) is 4.79 Å². The first-order chi connectivity index (χ1) is 16.6. The van der Waals surface area contributed by atoms with Crippen LogP contribution in [0, 0.1) is 12.8 Å². The summed E-state index contributed by atoms with van der Waals surface area (Å²) in [6.07, 6.45) is 11.0. The lowest BCUT2D eigenvalue weighted by Crippen LogP contribution is -2.38. The van der Waals surface area contributed by atoms with Gasteiger partial charge in [0.2, 0.25) is 11.8 Å². The van der Waals surface area contributed by atoms with Crippen LogP contribution in [-0.2, 0) is 11.2 Å². The summed E-state index contributed by atoms with van der Waals surface area (Å²) in [6, 6.07) is 7.95. The number of rotatable bonds is 11. The number of oxazole rings is 1. The number of benzene rings is 1. The Kier molecular flexibility index (Phi) is 8.33. The second-order valence-electron chi connectivity index (χ2n) is 8.84. The Labute approximate surface area is 200 Å². The Balaban J connectivity index is 1.45. The van der Waals surface area contributed by atoms with Crippen molar-refractivity contribution in [2.45, 2.75) is 71.6 Å². The van der Waals surface area contributed by atoms with Gasteiger partial charge in [-0.25, -0.2) is 0 Å². The van der Waals surface area contributed by atoms with Crippen LogP contribution < -0.4 is 9.64 Å². The van der Waals surface area contributed by atoms with E-state index in [0.29, 0.717) is 30.6 Å². The van der Waals surface area contributed by atoms with Gasteiger partial charge in [-0.1, -0.05) is 43.0 Å². The van der Waals surface area contributed by atoms with E-state index in [4.69, 9.17) is 13.7 Å². The number of anilines is 1. The van der Waals surface area contributed by atoms with Crippen LogP contribution in [0.2, 0.25) is 0 Å². The first-order valence-corrected chi connectivity index (χ1v) is 12.4. The molecule has 0 N–H and O–H groups in total. The van der Waals surface area contributed by atoms with Crippen LogP contribution in [0.3, 0.4) is 0 Å². The molecule has 34 heavy (non-hydrogen) atoms. The lowest BCUT2D eigenvalue weighted by atomic mass is 9.88. The van der Waals surface area contributed by atoms with Gasteiger partial charge in [0.25, 0.3) is 0 Å². The molecular weight excluding hydrogens is 432 g/mol. The van der Waals surface area contributed by atoms with Crippen molar-refractivity contribution in [1.82, 2.24) is 15.1 Å². The van der Waals surface area contributed by atoms with Crippen LogP contribution >= 0.6 is 0 Å². The highest BCUT2D eigenvalue weighted by molar-refractivity contribution is 5.95.